The van der Waals surface area contributed by atoms with Crippen LogP contribution in [0, 0.1) is 13.8 Å². The van der Waals surface area contributed by atoms with E-state index in [1.54, 1.807) is 26.0 Å². The zero-order valence-electron chi connectivity index (χ0n) is 13.3. The van der Waals surface area contributed by atoms with Gasteiger partial charge in [0.1, 0.15) is 12.4 Å². The van der Waals surface area contributed by atoms with E-state index in [0.29, 0.717) is 23.9 Å². The normalized spacial score (nSPS) is 17.2. The number of oxazole rings is 1. The van der Waals surface area contributed by atoms with Crippen molar-refractivity contribution in [3.05, 3.63) is 41.6 Å². The van der Waals surface area contributed by atoms with Crippen LogP contribution in [0.5, 0.6) is 5.75 Å². The maximum absolute atomic E-state index is 12.1. The molecule has 1 saturated heterocycles. The average Bonchev–Trinajstić information content (AvgIpc) is 3.16. The molecule has 6 nitrogen and oxygen atoms in total. The van der Waals surface area contributed by atoms with Gasteiger partial charge in [-0.25, -0.2) is 4.98 Å². The lowest BCUT2D eigenvalue weighted by Crippen LogP contribution is -2.16. The van der Waals surface area contributed by atoms with Crippen LogP contribution < -0.4 is 10.1 Å². The molecule has 0 spiro atoms. The van der Waals surface area contributed by atoms with Gasteiger partial charge in [-0.05, 0) is 44.0 Å². The predicted molar refractivity (Wildman–Crippen MR) is 84.8 cm³/mol. The molecule has 0 bridgehead atoms. The molecule has 122 valence electrons. The number of rotatable bonds is 5. The Bertz CT molecular complexity index is 672. The predicted octanol–water partition coefficient (Wildman–Crippen LogP) is 3.10. The molecule has 1 aliphatic heterocycles. The van der Waals surface area contributed by atoms with Gasteiger partial charge in [0.2, 0.25) is 5.76 Å². The summed E-state index contributed by atoms with van der Waals surface area (Å²) in [5, 5.41) is 2.78. The van der Waals surface area contributed by atoms with Crippen molar-refractivity contribution in [2.75, 3.05) is 18.5 Å². The minimum atomic E-state index is -0.309. The van der Waals surface area contributed by atoms with Gasteiger partial charge in [-0.1, -0.05) is 0 Å². The van der Waals surface area contributed by atoms with E-state index in [1.165, 1.54) is 0 Å². The van der Waals surface area contributed by atoms with Gasteiger partial charge in [0.15, 0.2) is 5.89 Å². The third kappa shape index (κ3) is 3.90. The molecular weight excluding hydrogens is 296 g/mol. The molecule has 3 rings (SSSR count). The Kier molecular flexibility index (Phi) is 4.62. The Balaban J connectivity index is 1.56. The SMILES string of the molecule is Cc1nc(C)c(C(=O)Nc2ccc(OCC3CCCO3)cc2)o1. The molecule has 1 fully saturated rings. The van der Waals surface area contributed by atoms with Crippen molar-refractivity contribution in [1.29, 1.82) is 0 Å². The van der Waals surface area contributed by atoms with E-state index in [0.717, 1.165) is 25.2 Å². The van der Waals surface area contributed by atoms with Crippen molar-refractivity contribution >= 4 is 11.6 Å². The van der Waals surface area contributed by atoms with Gasteiger partial charge in [0.05, 0.1) is 11.8 Å². The lowest BCUT2D eigenvalue weighted by atomic mass is 10.2. The number of aromatic nitrogens is 1. The molecule has 1 atom stereocenters. The quantitative estimate of drug-likeness (QED) is 0.917. The van der Waals surface area contributed by atoms with Crippen LogP contribution in [0.15, 0.2) is 28.7 Å². The summed E-state index contributed by atoms with van der Waals surface area (Å²) in [5.74, 6) is 1.16. The smallest absolute Gasteiger partial charge is 0.293 e. The van der Waals surface area contributed by atoms with Crippen LogP contribution in [0.4, 0.5) is 5.69 Å². The molecule has 1 aromatic heterocycles. The van der Waals surface area contributed by atoms with Crippen LogP contribution in [0.2, 0.25) is 0 Å². The van der Waals surface area contributed by atoms with Gasteiger partial charge in [0.25, 0.3) is 5.91 Å². The maximum Gasteiger partial charge on any atom is 0.293 e. The molecule has 1 amide bonds. The fourth-order valence-electron chi connectivity index (χ4n) is 2.53. The van der Waals surface area contributed by atoms with E-state index in [1.807, 2.05) is 12.1 Å². The van der Waals surface area contributed by atoms with E-state index in [9.17, 15) is 4.79 Å². The number of carbonyl (C=O) groups excluding carboxylic acids is 1. The van der Waals surface area contributed by atoms with E-state index < -0.39 is 0 Å². The summed E-state index contributed by atoms with van der Waals surface area (Å²) in [6.45, 7) is 4.83. The number of carbonyl (C=O) groups is 1. The molecule has 1 unspecified atom stereocenters. The zero-order valence-corrected chi connectivity index (χ0v) is 13.3. The van der Waals surface area contributed by atoms with Crippen LogP contribution in [0.1, 0.15) is 35.0 Å². The molecule has 23 heavy (non-hydrogen) atoms. The first-order valence-corrected chi connectivity index (χ1v) is 7.71. The Hall–Kier alpha value is -2.34. The third-order valence-electron chi connectivity index (χ3n) is 3.68. The standard InChI is InChI=1S/C17H20N2O4/c1-11-16(23-12(2)18-11)17(20)19-13-5-7-14(8-6-13)22-10-15-4-3-9-21-15/h5-8,15H,3-4,9-10H2,1-2H3,(H,19,20). The number of nitrogens with zero attached hydrogens (tertiary/aromatic N) is 1. The van der Waals surface area contributed by atoms with E-state index in [2.05, 4.69) is 10.3 Å². The van der Waals surface area contributed by atoms with E-state index in [-0.39, 0.29) is 17.8 Å². The lowest BCUT2D eigenvalue weighted by molar-refractivity contribution is 0.0679. The fourth-order valence-corrected chi connectivity index (χ4v) is 2.53. The number of anilines is 1. The van der Waals surface area contributed by atoms with E-state index in [4.69, 9.17) is 13.9 Å². The zero-order chi connectivity index (χ0) is 16.2. The summed E-state index contributed by atoms with van der Waals surface area (Å²) in [6.07, 6.45) is 2.33. The number of hydrogen-bond donors (Lipinski definition) is 1. The number of nitrogens with one attached hydrogen (secondary N) is 1. The highest BCUT2D eigenvalue weighted by Crippen LogP contribution is 2.19. The Morgan fingerprint density at radius 2 is 2.13 bits per heavy atom. The molecule has 6 heteroatoms. The van der Waals surface area contributed by atoms with Crippen LogP contribution in [0.3, 0.4) is 0 Å². The first-order chi connectivity index (χ1) is 11.1. The number of amides is 1. The van der Waals surface area contributed by atoms with Gasteiger partial charge in [-0.2, -0.15) is 0 Å². The Morgan fingerprint density at radius 1 is 1.35 bits per heavy atom. The van der Waals surface area contributed by atoms with Gasteiger partial charge < -0.3 is 19.2 Å². The fraction of sp³-hybridized carbons (Fsp3) is 0.412. The van der Waals surface area contributed by atoms with Crippen LogP contribution >= 0.6 is 0 Å². The lowest BCUT2D eigenvalue weighted by Gasteiger charge is -2.12. The number of ether oxygens (including phenoxy) is 2. The number of aryl methyl sites for hydroxylation is 2. The van der Waals surface area contributed by atoms with Crippen molar-refractivity contribution in [2.45, 2.75) is 32.8 Å². The molecule has 1 aromatic carbocycles. The summed E-state index contributed by atoms with van der Waals surface area (Å²) < 4.78 is 16.5. The van der Waals surface area contributed by atoms with E-state index >= 15 is 0 Å². The Labute approximate surface area is 134 Å². The molecule has 1 N–H and O–H groups in total. The van der Waals surface area contributed by atoms with Gasteiger partial charge in [-0.15, -0.1) is 0 Å². The molecule has 0 aliphatic carbocycles. The second kappa shape index (κ2) is 6.83. The number of benzene rings is 1. The van der Waals surface area contributed by atoms with Crippen molar-refractivity contribution in [3.8, 4) is 5.75 Å². The number of hydrogen-bond acceptors (Lipinski definition) is 5. The van der Waals surface area contributed by atoms with Gasteiger partial charge in [-0.3, -0.25) is 4.79 Å². The van der Waals surface area contributed by atoms with Gasteiger partial charge in [0, 0.05) is 19.2 Å². The molecular formula is C17H20N2O4. The topological polar surface area (TPSA) is 73.6 Å². The molecule has 0 radical (unpaired) electrons. The molecule has 0 saturated carbocycles. The summed E-state index contributed by atoms with van der Waals surface area (Å²) in [5.41, 5.74) is 1.25. The average molecular weight is 316 g/mol. The molecule has 1 aliphatic rings. The summed E-state index contributed by atoms with van der Waals surface area (Å²) in [7, 11) is 0. The second-order valence-corrected chi connectivity index (χ2v) is 5.57. The van der Waals surface area contributed by atoms with Gasteiger partial charge >= 0.3 is 0 Å². The highest BCUT2D eigenvalue weighted by molar-refractivity contribution is 6.02. The van der Waals surface area contributed by atoms with Crippen LogP contribution in [-0.2, 0) is 4.74 Å². The highest BCUT2D eigenvalue weighted by Gasteiger charge is 2.17. The highest BCUT2D eigenvalue weighted by atomic mass is 16.5. The van der Waals surface area contributed by atoms with Crippen molar-refractivity contribution < 1.29 is 18.7 Å². The summed E-state index contributed by atoms with van der Waals surface area (Å²) >= 11 is 0. The van der Waals surface area contributed by atoms with Crippen molar-refractivity contribution in [2.24, 2.45) is 0 Å². The largest absolute Gasteiger partial charge is 0.491 e. The molecule has 2 aromatic rings. The van der Waals surface area contributed by atoms with Crippen LogP contribution in [0.25, 0.3) is 0 Å². The van der Waals surface area contributed by atoms with Crippen molar-refractivity contribution in [3.63, 3.8) is 0 Å². The first kappa shape index (κ1) is 15.6. The molecule has 2 heterocycles. The second-order valence-electron chi connectivity index (χ2n) is 5.57. The Morgan fingerprint density at radius 3 is 2.74 bits per heavy atom. The monoisotopic (exact) mass is 316 g/mol. The third-order valence-corrected chi connectivity index (χ3v) is 3.68. The first-order valence-electron chi connectivity index (χ1n) is 7.71. The summed E-state index contributed by atoms with van der Waals surface area (Å²) in [6, 6.07) is 7.23. The van der Waals surface area contributed by atoms with Crippen molar-refractivity contribution in [1.82, 2.24) is 4.98 Å². The minimum Gasteiger partial charge on any atom is -0.491 e. The minimum absolute atomic E-state index is 0.187. The van der Waals surface area contributed by atoms with Crippen LogP contribution in [-0.4, -0.2) is 30.2 Å². The summed E-state index contributed by atoms with van der Waals surface area (Å²) in [4.78, 5) is 16.2. The maximum atomic E-state index is 12.1.